The molecule has 0 aliphatic carbocycles. The highest BCUT2D eigenvalue weighted by Gasteiger charge is 2.16. The van der Waals surface area contributed by atoms with Gasteiger partial charge in [-0.05, 0) is 48.7 Å². The highest BCUT2D eigenvalue weighted by atomic mass is 79.9. The second kappa shape index (κ2) is 8.06. The van der Waals surface area contributed by atoms with Gasteiger partial charge in [0.1, 0.15) is 5.82 Å². The van der Waals surface area contributed by atoms with Crippen LogP contribution in [0.4, 0.5) is 4.39 Å². The SMILES string of the molecule is CCCNC(Cc1ccccc1Br)c1ccc(F)cc1Br. The molecule has 0 fully saturated rings. The molecule has 0 aliphatic rings. The van der Waals surface area contributed by atoms with E-state index in [9.17, 15) is 4.39 Å². The van der Waals surface area contributed by atoms with Crippen molar-refractivity contribution in [3.8, 4) is 0 Å². The van der Waals surface area contributed by atoms with Crippen LogP contribution in [0, 0.1) is 5.82 Å². The first kappa shape index (κ1) is 16.7. The number of nitrogens with one attached hydrogen (secondary N) is 1. The fourth-order valence-corrected chi connectivity index (χ4v) is 3.35. The summed E-state index contributed by atoms with van der Waals surface area (Å²) >= 11 is 7.08. The van der Waals surface area contributed by atoms with Gasteiger partial charge in [0.25, 0.3) is 0 Å². The van der Waals surface area contributed by atoms with Crippen LogP contribution in [0.15, 0.2) is 51.4 Å². The van der Waals surface area contributed by atoms with E-state index in [2.05, 4.69) is 50.2 Å². The topological polar surface area (TPSA) is 12.0 Å². The van der Waals surface area contributed by atoms with E-state index >= 15 is 0 Å². The van der Waals surface area contributed by atoms with Crippen LogP contribution >= 0.6 is 31.9 Å². The molecule has 0 aromatic heterocycles. The Kier molecular flexibility index (Phi) is 6.40. The molecule has 2 rings (SSSR count). The van der Waals surface area contributed by atoms with Gasteiger partial charge >= 0.3 is 0 Å². The van der Waals surface area contributed by atoms with Gasteiger partial charge in [-0.1, -0.05) is 63.0 Å². The predicted molar refractivity (Wildman–Crippen MR) is 93.0 cm³/mol. The first-order chi connectivity index (χ1) is 10.1. The Bertz CT molecular complexity index is 601. The first-order valence-electron chi connectivity index (χ1n) is 7.03. The average Bonchev–Trinajstić information content (AvgIpc) is 2.46. The lowest BCUT2D eigenvalue weighted by molar-refractivity contribution is 0.525. The van der Waals surface area contributed by atoms with Crippen LogP contribution in [0.3, 0.4) is 0 Å². The molecule has 0 bridgehead atoms. The highest BCUT2D eigenvalue weighted by molar-refractivity contribution is 9.10. The molecule has 0 spiro atoms. The van der Waals surface area contributed by atoms with Crippen molar-refractivity contribution in [1.82, 2.24) is 5.32 Å². The molecule has 1 atom stereocenters. The van der Waals surface area contributed by atoms with Crippen LogP contribution in [0.25, 0.3) is 0 Å². The molecule has 2 aromatic rings. The number of hydrogen-bond acceptors (Lipinski definition) is 1. The molecule has 1 unspecified atom stereocenters. The maximum absolute atomic E-state index is 13.3. The third kappa shape index (κ3) is 4.63. The van der Waals surface area contributed by atoms with E-state index in [-0.39, 0.29) is 11.9 Å². The van der Waals surface area contributed by atoms with E-state index in [1.807, 2.05) is 24.3 Å². The quantitative estimate of drug-likeness (QED) is 0.645. The smallest absolute Gasteiger partial charge is 0.124 e. The highest BCUT2D eigenvalue weighted by Crippen LogP contribution is 2.29. The molecule has 0 saturated carbocycles. The molecule has 0 heterocycles. The number of halogens is 3. The van der Waals surface area contributed by atoms with E-state index in [0.29, 0.717) is 0 Å². The van der Waals surface area contributed by atoms with Crippen LogP contribution < -0.4 is 5.32 Å². The Morgan fingerprint density at radius 2 is 1.86 bits per heavy atom. The monoisotopic (exact) mass is 413 g/mol. The van der Waals surface area contributed by atoms with Crippen molar-refractivity contribution in [3.63, 3.8) is 0 Å². The Morgan fingerprint density at radius 3 is 2.52 bits per heavy atom. The third-order valence-corrected chi connectivity index (χ3v) is 4.82. The van der Waals surface area contributed by atoms with Crippen LogP contribution in [0.5, 0.6) is 0 Å². The fraction of sp³-hybridized carbons (Fsp3) is 0.294. The normalized spacial score (nSPS) is 12.4. The van der Waals surface area contributed by atoms with Gasteiger partial charge in [0.2, 0.25) is 0 Å². The van der Waals surface area contributed by atoms with Crippen molar-refractivity contribution in [3.05, 3.63) is 68.4 Å². The van der Waals surface area contributed by atoms with Crippen molar-refractivity contribution < 1.29 is 4.39 Å². The summed E-state index contributed by atoms with van der Waals surface area (Å²) < 4.78 is 15.2. The van der Waals surface area contributed by atoms with Gasteiger partial charge in [-0.3, -0.25) is 0 Å². The van der Waals surface area contributed by atoms with Gasteiger partial charge in [0, 0.05) is 15.0 Å². The average molecular weight is 415 g/mol. The third-order valence-electron chi connectivity index (χ3n) is 3.36. The van der Waals surface area contributed by atoms with Crippen molar-refractivity contribution in [2.45, 2.75) is 25.8 Å². The molecule has 0 saturated heterocycles. The standard InChI is InChI=1S/C17H18Br2FN/c1-2-9-21-17(10-12-5-3-4-6-15(12)18)14-8-7-13(20)11-16(14)19/h3-8,11,17,21H,2,9-10H2,1H3. The lowest BCUT2D eigenvalue weighted by atomic mass is 9.98. The zero-order chi connectivity index (χ0) is 15.2. The molecule has 2 aromatic carbocycles. The van der Waals surface area contributed by atoms with Gasteiger partial charge in [0.05, 0.1) is 0 Å². The Morgan fingerprint density at radius 1 is 1.10 bits per heavy atom. The number of rotatable bonds is 6. The second-order valence-corrected chi connectivity index (χ2v) is 6.68. The summed E-state index contributed by atoms with van der Waals surface area (Å²) in [5.41, 5.74) is 2.32. The molecule has 21 heavy (non-hydrogen) atoms. The van der Waals surface area contributed by atoms with E-state index in [1.54, 1.807) is 0 Å². The summed E-state index contributed by atoms with van der Waals surface area (Å²) in [6, 6.07) is 13.2. The molecule has 1 nitrogen and oxygen atoms in total. The van der Waals surface area contributed by atoms with E-state index < -0.39 is 0 Å². The maximum atomic E-state index is 13.3. The van der Waals surface area contributed by atoms with E-state index in [4.69, 9.17) is 0 Å². The van der Waals surface area contributed by atoms with Crippen molar-refractivity contribution in [1.29, 1.82) is 0 Å². The zero-order valence-electron chi connectivity index (χ0n) is 11.9. The minimum atomic E-state index is -0.222. The van der Waals surface area contributed by atoms with Crippen molar-refractivity contribution in [2.75, 3.05) is 6.54 Å². The van der Waals surface area contributed by atoms with E-state index in [1.165, 1.54) is 17.7 Å². The molecular weight excluding hydrogens is 397 g/mol. The minimum absolute atomic E-state index is 0.152. The lowest BCUT2D eigenvalue weighted by Gasteiger charge is -2.21. The van der Waals surface area contributed by atoms with Gasteiger partial charge < -0.3 is 5.32 Å². The predicted octanol–water partition coefficient (Wildman–Crippen LogP) is 5.63. The Hall–Kier alpha value is -0.710. The summed E-state index contributed by atoms with van der Waals surface area (Å²) in [6.45, 7) is 3.07. The van der Waals surface area contributed by atoms with Crippen LogP contribution in [0.2, 0.25) is 0 Å². The first-order valence-corrected chi connectivity index (χ1v) is 8.62. The molecule has 0 aliphatic heterocycles. The second-order valence-electron chi connectivity index (χ2n) is 4.97. The van der Waals surface area contributed by atoms with Crippen LogP contribution in [-0.2, 0) is 6.42 Å². The van der Waals surface area contributed by atoms with Crippen LogP contribution in [0.1, 0.15) is 30.5 Å². The Balaban J connectivity index is 2.27. The molecular formula is C17H18Br2FN. The van der Waals surface area contributed by atoms with Crippen molar-refractivity contribution >= 4 is 31.9 Å². The number of benzene rings is 2. The number of hydrogen-bond donors (Lipinski definition) is 1. The van der Waals surface area contributed by atoms with E-state index in [0.717, 1.165) is 33.9 Å². The van der Waals surface area contributed by atoms with Gasteiger partial charge in [0.15, 0.2) is 0 Å². The molecule has 0 amide bonds. The zero-order valence-corrected chi connectivity index (χ0v) is 15.0. The van der Waals surface area contributed by atoms with Crippen LogP contribution in [-0.4, -0.2) is 6.54 Å². The van der Waals surface area contributed by atoms with Crippen molar-refractivity contribution in [2.24, 2.45) is 0 Å². The summed E-state index contributed by atoms with van der Waals surface area (Å²) in [5, 5.41) is 3.55. The molecule has 1 N–H and O–H groups in total. The lowest BCUT2D eigenvalue weighted by Crippen LogP contribution is -2.24. The molecule has 4 heteroatoms. The maximum Gasteiger partial charge on any atom is 0.124 e. The van der Waals surface area contributed by atoms with Gasteiger partial charge in [-0.25, -0.2) is 4.39 Å². The largest absolute Gasteiger partial charge is 0.310 e. The summed E-state index contributed by atoms with van der Waals surface area (Å²) in [5.74, 6) is -0.222. The molecule has 112 valence electrons. The van der Waals surface area contributed by atoms with Gasteiger partial charge in [-0.15, -0.1) is 0 Å². The molecule has 0 radical (unpaired) electrons. The summed E-state index contributed by atoms with van der Waals surface area (Å²) in [6.07, 6.45) is 1.91. The van der Waals surface area contributed by atoms with Gasteiger partial charge in [-0.2, -0.15) is 0 Å². The fourth-order valence-electron chi connectivity index (χ4n) is 2.28. The minimum Gasteiger partial charge on any atom is -0.310 e. The summed E-state index contributed by atoms with van der Waals surface area (Å²) in [4.78, 5) is 0. The summed E-state index contributed by atoms with van der Waals surface area (Å²) in [7, 11) is 0. The Labute approximate surface area is 142 Å².